The molecule has 0 bridgehead atoms. The molecule has 0 amide bonds. The lowest BCUT2D eigenvalue weighted by atomic mass is 10.00. The van der Waals surface area contributed by atoms with Crippen LogP contribution in [0.3, 0.4) is 0 Å². The van der Waals surface area contributed by atoms with Gasteiger partial charge >= 0.3 is 39.5 Å². The van der Waals surface area contributed by atoms with Gasteiger partial charge in [-0.25, -0.2) is 9.13 Å². The van der Waals surface area contributed by atoms with Crippen molar-refractivity contribution in [3.05, 3.63) is 0 Å². The van der Waals surface area contributed by atoms with E-state index in [2.05, 4.69) is 41.5 Å². The minimum Gasteiger partial charge on any atom is -0.462 e. The zero-order chi connectivity index (χ0) is 70.7. The van der Waals surface area contributed by atoms with Crippen LogP contribution < -0.4 is 0 Å². The summed E-state index contributed by atoms with van der Waals surface area (Å²) in [6.45, 7) is 9.52. The zero-order valence-corrected chi connectivity index (χ0v) is 64.5. The Bertz CT molecular complexity index is 1860. The van der Waals surface area contributed by atoms with Crippen molar-refractivity contribution in [3.63, 3.8) is 0 Å². The lowest BCUT2D eigenvalue weighted by Gasteiger charge is -2.21. The van der Waals surface area contributed by atoms with E-state index < -0.39 is 97.5 Å². The van der Waals surface area contributed by atoms with Gasteiger partial charge in [0.05, 0.1) is 26.4 Å². The quantitative estimate of drug-likeness (QED) is 0.0222. The average molecular weight is 1410 g/mol. The molecule has 570 valence electrons. The van der Waals surface area contributed by atoms with Crippen LogP contribution in [0, 0.1) is 11.8 Å². The zero-order valence-electron chi connectivity index (χ0n) is 62.7. The first kappa shape index (κ1) is 94.1. The molecule has 0 aliphatic heterocycles. The summed E-state index contributed by atoms with van der Waals surface area (Å²) in [6.07, 6.45) is 57.1. The molecule has 0 aromatic rings. The highest BCUT2D eigenvalue weighted by molar-refractivity contribution is 7.47. The van der Waals surface area contributed by atoms with Crippen LogP contribution in [0.25, 0.3) is 0 Å². The fourth-order valence-corrected chi connectivity index (χ4v) is 13.4. The molecule has 0 aromatic carbocycles. The SMILES string of the molecule is CCCCCCCCCCCCCCCCCCCCCCCC(=O)O[C@H](COC(=O)CCCCCCCCCCCCCCCC)COP(=O)(O)OC[C@@H](O)COP(=O)(O)OC[C@@H](COC(=O)CCCCCCCCC(C)CC)OC(=O)CCCCCCCCCCC(C)C. The van der Waals surface area contributed by atoms with Gasteiger partial charge in [-0.2, -0.15) is 0 Å². The van der Waals surface area contributed by atoms with Gasteiger partial charge in [0.2, 0.25) is 0 Å². The molecule has 17 nitrogen and oxygen atoms in total. The maximum absolute atomic E-state index is 13.1. The summed E-state index contributed by atoms with van der Waals surface area (Å²) < 4.78 is 68.5. The fraction of sp³-hybridized carbons (Fsp3) is 0.948. The molecule has 0 aliphatic rings. The van der Waals surface area contributed by atoms with Gasteiger partial charge in [0, 0.05) is 25.7 Å². The number of aliphatic hydroxyl groups excluding tert-OH is 1. The Morgan fingerprint density at radius 2 is 0.531 bits per heavy atom. The summed E-state index contributed by atoms with van der Waals surface area (Å²) in [7, 11) is -9.91. The van der Waals surface area contributed by atoms with Crippen molar-refractivity contribution in [2.45, 2.75) is 419 Å². The largest absolute Gasteiger partial charge is 0.472 e. The first-order valence-electron chi connectivity index (χ1n) is 40.0. The monoisotopic (exact) mass is 1410 g/mol. The summed E-state index contributed by atoms with van der Waals surface area (Å²) in [6, 6.07) is 0. The van der Waals surface area contributed by atoms with Gasteiger partial charge in [-0.1, -0.05) is 350 Å². The van der Waals surface area contributed by atoms with Crippen molar-refractivity contribution in [2.75, 3.05) is 39.6 Å². The third-order valence-corrected chi connectivity index (χ3v) is 20.2. The van der Waals surface area contributed by atoms with E-state index in [1.165, 1.54) is 212 Å². The smallest absolute Gasteiger partial charge is 0.462 e. The van der Waals surface area contributed by atoms with Crippen molar-refractivity contribution in [3.8, 4) is 0 Å². The maximum Gasteiger partial charge on any atom is 0.472 e. The standard InChI is InChI=1S/C77H150O17P2/c1-7-10-12-14-16-18-20-22-24-25-26-27-28-29-30-32-34-36-41-49-55-61-76(81)93-72(65-87-74(79)59-53-47-40-35-33-31-23-21-19-17-15-13-11-8-2)67-91-95(83,84)89-63-71(78)64-90-96(85,86)92-68-73(66-88-75(80)60-54-48-44-43-46-52-58-70(6)9-3)94-77(82)62-56-50-42-38-37-39-45-51-57-69(4)5/h69-73,78H,7-68H2,1-6H3,(H,83,84)(H,85,86)/t70?,71-,72-,73-/m1/s1. The molecule has 0 saturated carbocycles. The molecule has 0 rings (SSSR count). The number of ether oxygens (including phenoxy) is 4. The van der Waals surface area contributed by atoms with Gasteiger partial charge in [0.15, 0.2) is 12.2 Å². The van der Waals surface area contributed by atoms with Crippen LogP contribution >= 0.6 is 15.6 Å². The lowest BCUT2D eigenvalue weighted by Crippen LogP contribution is -2.30. The molecular formula is C77H150O17P2. The Kier molecular flexibility index (Phi) is 67.4. The summed E-state index contributed by atoms with van der Waals surface area (Å²) >= 11 is 0. The second kappa shape index (κ2) is 68.8. The van der Waals surface area contributed by atoms with E-state index in [0.717, 1.165) is 108 Å². The third-order valence-electron chi connectivity index (χ3n) is 18.3. The Morgan fingerprint density at radius 1 is 0.302 bits per heavy atom. The number of hydrogen-bond acceptors (Lipinski definition) is 15. The van der Waals surface area contributed by atoms with Crippen molar-refractivity contribution in [1.82, 2.24) is 0 Å². The predicted molar refractivity (Wildman–Crippen MR) is 391 cm³/mol. The second-order valence-corrected chi connectivity index (χ2v) is 31.4. The molecule has 0 saturated heterocycles. The lowest BCUT2D eigenvalue weighted by molar-refractivity contribution is -0.161. The number of rotatable bonds is 76. The number of phosphoric ester groups is 2. The Labute approximate surface area is 588 Å². The normalized spacial score (nSPS) is 14.3. The van der Waals surface area contributed by atoms with Gasteiger partial charge in [-0.3, -0.25) is 37.3 Å². The Hall–Kier alpha value is -1.94. The van der Waals surface area contributed by atoms with Gasteiger partial charge in [0.1, 0.15) is 19.3 Å². The number of carbonyl (C=O) groups is 4. The number of carbonyl (C=O) groups excluding carboxylic acids is 4. The topological polar surface area (TPSA) is 237 Å². The molecular weight excluding hydrogens is 1260 g/mol. The van der Waals surface area contributed by atoms with E-state index in [-0.39, 0.29) is 25.7 Å². The van der Waals surface area contributed by atoms with Crippen LogP contribution in [0.15, 0.2) is 0 Å². The van der Waals surface area contributed by atoms with Crippen molar-refractivity contribution in [1.29, 1.82) is 0 Å². The highest BCUT2D eigenvalue weighted by Crippen LogP contribution is 2.45. The highest BCUT2D eigenvalue weighted by atomic mass is 31.2. The minimum absolute atomic E-state index is 0.104. The first-order chi connectivity index (χ1) is 46.4. The van der Waals surface area contributed by atoms with E-state index in [9.17, 15) is 43.2 Å². The maximum atomic E-state index is 13.1. The number of hydrogen-bond donors (Lipinski definition) is 3. The van der Waals surface area contributed by atoms with Crippen LogP contribution in [0.5, 0.6) is 0 Å². The third kappa shape index (κ3) is 69.2. The van der Waals surface area contributed by atoms with E-state index in [0.29, 0.717) is 25.7 Å². The van der Waals surface area contributed by atoms with E-state index in [1.807, 2.05) is 0 Å². The van der Waals surface area contributed by atoms with Gasteiger partial charge in [-0.05, 0) is 37.5 Å². The molecule has 19 heteroatoms. The molecule has 0 fully saturated rings. The minimum atomic E-state index is -4.96. The van der Waals surface area contributed by atoms with Crippen molar-refractivity contribution < 1.29 is 80.2 Å². The molecule has 0 heterocycles. The molecule has 0 radical (unpaired) electrons. The molecule has 0 aromatic heterocycles. The van der Waals surface area contributed by atoms with Gasteiger partial charge in [0.25, 0.3) is 0 Å². The Morgan fingerprint density at radius 3 is 0.792 bits per heavy atom. The van der Waals surface area contributed by atoms with Gasteiger partial charge < -0.3 is 33.8 Å². The summed E-state index contributed by atoms with van der Waals surface area (Å²) in [5.41, 5.74) is 0. The Balaban J connectivity index is 5.20. The number of phosphoric acid groups is 2. The van der Waals surface area contributed by atoms with E-state index in [4.69, 9.17) is 37.0 Å². The molecule has 0 spiro atoms. The molecule has 3 N–H and O–H groups in total. The van der Waals surface area contributed by atoms with E-state index >= 15 is 0 Å². The number of esters is 4. The van der Waals surface area contributed by atoms with Crippen LogP contribution in [-0.4, -0.2) is 96.7 Å². The summed E-state index contributed by atoms with van der Waals surface area (Å²) in [5, 5.41) is 10.6. The predicted octanol–water partition coefficient (Wildman–Crippen LogP) is 22.7. The molecule has 96 heavy (non-hydrogen) atoms. The second-order valence-electron chi connectivity index (χ2n) is 28.5. The van der Waals surface area contributed by atoms with Crippen LogP contribution in [0.2, 0.25) is 0 Å². The molecule has 6 atom stereocenters. The van der Waals surface area contributed by atoms with Gasteiger partial charge in [-0.15, -0.1) is 0 Å². The fourth-order valence-electron chi connectivity index (χ4n) is 11.8. The van der Waals surface area contributed by atoms with Crippen LogP contribution in [-0.2, 0) is 65.4 Å². The summed E-state index contributed by atoms with van der Waals surface area (Å²) in [4.78, 5) is 72.8. The van der Waals surface area contributed by atoms with Crippen molar-refractivity contribution in [2.24, 2.45) is 11.8 Å². The van der Waals surface area contributed by atoms with Crippen LogP contribution in [0.1, 0.15) is 401 Å². The summed E-state index contributed by atoms with van der Waals surface area (Å²) in [5.74, 6) is -0.669. The average Bonchev–Trinajstić information content (AvgIpc) is 1.29. The molecule has 3 unspecified atom stereocenters. The molecule has 0 aliphatic carbocycles. The van der Waals surface area contributed by atoms with Crippen molar-refractivity contribution >= 4 is 39.5 Å². The highest BCUT2D eigenvalue weighted by Gasteiger charge is 2.30. The van der Waals surface area contributed by atoms with E-state index in [1.54, 1.807) is 0 Å². The number of aliphatic hydroxyl groups is 1. The van der Waals surface area contributed by atoms with Crippen LogP contribution in [0.4, 0.5) is 0 Å². The number of unbranched alkanes of at least 4 members (excludes halogenated alkanes) is 45. The first-order valence-corrected chi connectivity index (χ1v) is 43.0.